The van der Waals surface area contributed by atoms with Crippen LogP contribution in [-0.4, -0.2) is 10.1 Å². The van der Waals surface area contributed by atoms with Crippen LogP contribution in [0.15, 0.2) is 30.5 Å². The van der Waals surface area contributed by atoms with E-state index in [2.05, 4.69) is 22.6 Å². The Balaban J connectivity index is 2.55. The average molecular weight is 483 g/mol. The Morgan fingerprint density at radius 1 is 0.867 bits per heavy atom. The average Bonchev–Trinajstić information content (AvgIpc) is 2.57. The van der Waals surface area contributed by atoms with Crippen molar-refractivity contribution in [3.63, 3.8) is 0 Å². The quantitative estimate of drug-likeness (QED) is 0.326. The van der Waals surface area contributed by atoms with Crippen LogP contribution < -0.4 is 16.2 Å². The van der Waals surface area contributed by atoms with Crippen LogP contribution in [-0.2, 0) is 18.5 Å². The van der Waals surface area contributed by atoms with Crippen molar-refractivity contribution in [2.45, 2.75) is 18.5 Å². The number of rotatable bonds is 3. The SMILES string of the molecule is NC(=S)N(Nc1ncc(C(F)(F)F)cc1Cl)c1cc(C(F)(F)F)cc(C(F)(F)F)c1. The minimum atomic E-state index is -5.15. The van der Waals surface area contributed by atoms with E-state index in [1.807, 2.05) is 0 Å². The van der Waals surface area contributed by atoms with Gasteiger partial charge in [-0.25, -0.2) is 9.99 Å². The highest BCUT2D eigenvalue weighted by Crippen LogP contribution is 2.39. The first-order chi connectivity index (χ1) is 13.5. The van der Waals surface area contributed by atoms with Gasteiger partial charge in [0.2, 0.25) is 0 Å². The molecule has 2 rings (SSSR count). The van der Waals surface area contributed by atoms with Gasteiger partial charge in [0.1, 0.15) is 0 Å². The number of nitrogens with zero attached hydrogens (tertiary/aromatic N) is 2. The van der Waals surface area contributed by atoms with E-state index in [0.717, 1.165) is 0 Å². The molecule has 15 heteroatoms. The number of halogens is 10. The Hall–Kier alpha value is -2.48. The maximum Gasteiger partial charge on any atom is 0.417 e. The van der Waals surface area contributed by atoms with Crippen molar-refractivity contribution < 1.29 is 39.5 Å². The monoisotopic (exact) mass is 482 g/mol. The highest BCUT2D eigenvalue weighted by Gasteiger charge is 2.38. The fraction of sp³-hybridized carbons (Fsp3) is 0.200. The summed E-state index contributed by atoms with van der Waals surface area (Å²) in [7, 11) is 0. The van der Waals surface area contributed by atoms with Gasteiger partial charge in [0.25, 0.3) is 0 Å². The van der Waals surface area contributed by atoms with Gasteiger partial charge in [-0.3, -0.25) is 5.43 Å². The van der Waals surface area contributed by atoms with Gasteiger partial charge in [0.05, 0.1) is 27.4 Å². The summed E-state index contributed by atoms with van der Waals surface area (Å²) >= 11 is 10.3. The van der Waals surface area contributed by atoms with Gasteiger partial charge in [-0.1, -0.05) is 11.6 Å². The third-order valence-corrected chi connectivity index (χ3v) is 3.91. The number of hydrogen-bond acceptors (Lipinski definition) is 3. The second-order valence-electron chi connectivity index (χ2n) is 5.60. The number of nitrogens with two attached hydrogens (primary N) is 1. The van der Waals surface area contributed by atoms with Crippen LogP contribution in [0.2, 0.25) is 5.02 Å². The summed E-state index contributed by atoms with van der Waals surface area (Å²) in [5, 5.41) is -1.02. The summed E-state index contributed by atoms with van der Waals surface area (Å²) in [6.45, 7) is 0. The number of anilines is 2. The number of hydrogen-bond donors (Lipinski definition) is 2. The lowest BCUT2D eigenvalue weighted by molar-refractivity contribution is -0.143. The molecule has 30 heavy (non-hydrogen) atoms. The predicted molar refractivity (Wildman–Crippen MR) is 93.6 cm³/mol. The maximum atomic E-state index is 13.0. The zero-order valence-electron chi connectivity index (χ0n) is 14.0. The van der Waals surface area contributed by atoms with Crippen molar-refractivity contribution in [3.8, 4) is 0 Å². The number of pyridine rings is 1. The first-order valence-electron chi connectivity index (χ1n) is 7.38. The summed E-state index contributed by atoms with van der Waals surface area (Å²) in [4.78, 5) is 3.37. The van der Waals surface area contributed by atoms with Crippen molar-refractivity contribution in [3.05, 3.63) is 52.2 Å². The Morgan fingerprint density at radius 3 is 1.70 bits per heavy atom. The van der Waals surface area contributed by atoms with E-state index >= 15 is 0 Å². The molecular weight excluding hydrogens is 475 g/mol. The molecule has 1 aromatic heterocycles. The van der Waals surface area contributed by atoms with Crippen molar-refractivity contribution in [1.82, 2.24) is 4.98 Å². The zero-order valence-corrected chi connectivity index (χ0v) is 15.6. The van der Waals surface area contributed by atoms with E-state index in [0.29, 0.717) is 29.4 Å². The largest absolute Gasteiger partial charge is 0.417 e. The molecule has 0 aliphatic carbocycles. The molecule has 0 saturated carbocycles. The molecule has 0 aliphatic heterocycles. The smallest absolute Gasteiger partial charge is 0.374 e. The van der Waals surface area contributed by atoms with Crippen LogP contribution >= 0.6 is 23.8 Å². The third-order valence-electron chi connectivity index (χ3n) is 3.44. The van der Waals surface area contributed by atoms with Crippen LogP contribution in [0.4, 0.5) is 51.0 Å². The summed E-state index contributed by atoms with van der Waals surface area (Å²) in [6, 6.07) is 0.936. The van der Waals surface area contributed by atoms with Gasteiger partial charge in [0, 0.05) is 6.20 Å². The number of benzene rings is 1. The molecule has 3 N–H and O–H groups in total. The Kier molecular flexibility index (Phi) is 6.33. The molecule has 1 aromatic carbocycles. The summed E-state index contributed by atoms with van der Waals surface area (Å²) < 4.78 is 116. The number of aromatic nitrogens is 1. The molecule has 0 atom stereocenters. The van der Waals surface area contributed by atoms with E-state index in [1.54, 1.807) is 0 Å². The third kappa shape index (κ3) is 5.56. The number of nitrogens with one attached hydrogen (secondary N) is 1. The van der Waals surface area contributed by atoms with E-state index in [9.17, 15) is 39.5 Å². The topological polar surface area (TPSA) is 54.2 Å². The molecule has 0 bridgehead atoms. The van der Waals surface area contributed by atoms with Gasteiger partial charge in [-0.05, 0) is 36.5 Å². The van der Waals surface area contributed by atoms with Crippen molar-refractivity contribution in [1.29, 1.82) is 0 Å². The van der Waals surface area contributed by atoms with Crippen LogP contribution in [0.1, 0.15) is 16.7 Å². The molecule has 0 unspecified atom stereocenters. The molecule has 0 aliphatic rings. The van der Waals surface area contributed by atoms with Crippen molar-refractivity contribution >= 4 is 40.4 Å². The lowest BCUT2D eigenvalue weighted by atomic mass is 10.1. The molecule has 4 nitrogen and oxygen atoms in total. The van der Waals surface area contributed by atoms with E-state index in [4.69, 9.17) is 17.3 Å². The standard InChI is InChI=1S/C15H8ClF9N4S/c16-10-4-8(15(23,24)25)5-27-11(10)28-29(12(26)30)9-2-6(13(17,18)19)1-7(3-9)14(20,21)22/h1-5H,(H2,26,30)(H,27,28). The van der Waals surface area contributed by atoms with Gasteiger partial charge in [-0.15, -0.1) is 0 Å². The molecule has 164 valence electrons. The van der Waals surface area contributed by atoms with Gasteiger partial charge < -0.3 is 5.73 Å². The molecular formula is C15H8ClF9N4S. The summed E-state index contributed by atoms with van der Waals surface area (Å²) in [5.41, 5.74) is 2.12. The molecule has 0 fully saturated rings. The molecule has 0 radical (unpaired) electrons. The second-order valence-corrected chi connectivity index (χ2v) is 6.43. The first-order valence-corrected chi connectivity index (χ1v) is 8.17. The fourth-order valence-corrected chi connectivity index (χ4v) is 2.46. The highest BCUT2D eigenvalue weighted by molar-refractivity contribution is 7.80. The van der Waals surface area contributed by atoms with E-state index in [-0.39, 0.29) is 6.07 Å². The number of hydrazine groups is 1. The van der Waals surface area contributed by atoms with Crippen LogP contribution in [0, 0.1) is 0 Å². The lowest BCUT2D eigenvalue weighted by Crippen LogP contribution is -2.41. The van der Waals surface area contributed by atoms with Gasteiger partial charge in [-0.2, -0.15) is 39.5 Å². The van der Waals surface area contributed by atoms with Gasteiger partial charge in [0.15, 0.2) is 10.9 Å². The Morgan fingerprint density at radius 2 is 1.33 bits per heavy atom. The predicted octanol–water partition coefficient (Wildman–Crippen LogP) is 5.87. The Bertz CT molecular complexity index is 924. The van der Waals surface area contributed by atoms with Gasteiger partial charge >= 0.3 is 18.5 Å². The summed E-state index contributed by atoms with van der Waals surface area (Å²) in [6.07, 6.45) is -14.7. The maximum absolute atomic E-state index is 13.0. The number of thiocarbonyl (C=S) groups is 1. The minimum Gasteiger partial charge on any atom is -0.374 e. The molecule has 2 aromatic rings. The van der Waals surface area contributed by atoms with Crippen molar-refractivity contribution in [2.75, 3.05) is 10.4 Å². The molecule has 0 saturated heterocycles. The highest BCUT2D eigenvalue weighted by atomic mass is 35.5. The molecule has 0 amide bonds. The normalized spacial score (nSPS) is 12.6. The molecule has 0 spiro atoms. The van der Waals surface area contributed by atoms with E-state index < -0.39 is 56.9 Å². The first kappa shape index (κ1) is 23.8. The minimum absolute atomic E-state index is 0.120. The van der Waals surface area contributed by atoms with Crippen LogP contribution in [0.25, 0.3) is 0 Å². The van der Waals surface area contributed by atoms with E-state index in [1.165, 1.54) is 0 Å². The number of alkyl halides is 9. The Labute approximate surface area is 172 Å². The zero-order chi connectivity index (χ0) is 23.1. The lowest BCUT2D eigenvalue weighted by Gasteiger charge is -2.26. The van der Waals surface area contributed by atoms with Crippen LogP contribution in [0.5, 0.6) is 0 Å². The fourth-order valence-electron chi connectivity index (χ4n) is 2.10. The van der Waals surface area contributed by atoms with Crippen LogP contribution in [0.3, 0.4) is 0 Å². The van der Waals surface area contributed by atoms with Crippen molar-refractivity contribution in [2.24, 2.45) is 5.73 Å². The summed E-state index contributed by atoms with van der Waals surface area (Å²) in [5.74, 6) is -0.552. The molecule has 1 heterocycles. The second kappa shape index (κ2) is 7.98.